The van der Waals surface area contributed by atoms with E-state index in [4.69, 9.17) is 0 Å². The zero-order valence-corrected chi connectivity index (χ0v) is 8.49. The van der Waals surface area contributed by atoms with Gasteiger partial charge >= 0.3 is 0 Å². The monoisotopic (exact) mass is 183 g/mol. The summed E-state index contributed by atoms with van der Waals surface area (Å²) < 4.78 is 0. The van der Waals surface area contributed by atoms with Gasteiger partial charge in [-0.15, -0.1) is 0 Å². The molecule has 0 saturated carbocycles. The molecule has 2 unspecified atom stereocenters. The minimum atomic E-state index is -0.176. The van der Waals surface area contributed by atoms with Gasteiger partial charge in [0.25, 0.3) is 0 Å². The second-order valence-corrected chi connectivity index (χ2v) is 4.03. The van der Waals surface area contributed by atoms with Crippen LogP contribution in [0.4, 0.5) is 0 Å². The number of rotatable bonds is 2. The van der Waals surface area contributed by atoms with Gasteiger partial charge in [-0.2, -0.15) is 0 Å². The number of hydrogen-bond acceptors (Lipinski definition) is 2. The van der Waals surface area contributed by atoms with Crippen LogP contribution in [0.3, 0.4) is 0 Å². The van der Waals surface area contributed by atoms with E-state index in [0.29, 0.717) is 0 Å². The highest BCUT2D eigenvalue weighted by Crippen LogP contribution is 2.24. The molecule has 0 spiro atoms. The molecule has 0 aromatic heterocycles. The summed E-state index contributed by atoms with van der Waals surface area (Å²) in [5, 5.41) is 0. The molecule has 0 N–H and O–H groups in total. The maximum absolute atomic E-state index is 11.7. The third-order valence-corrected chi connectivity index (χ3v) is 2.62. The van der Waals surface area contributed by atoms with Gasteiger partial charge in [0.15, 0.2) is 0 Å². The molecule has 1 fully saturated rings. The average Bonchev–Trinajstić information content (AvgIpc) is 2.45. The summed E-state index contributed by atoms with van der Waals surface area (Å²) in [4.78, 5) is 24.1. The molecule has 0 aliphatic carbocycles. The number of nitrogens with zero attached hydrogens (tertiary/aromatic N) is 1. The quantitative estimate of drug-likeness (QED) is 0.604. The second-order valence-electron chi connectivity index (χ2n) is 4.03. The summed E-state index contributed by atoms with van der Waals surface area (Å²) in [6.07, 6.45) is 2.66. The van der Waals surface area contributed by atoms with Gasteiger partial charge in [-0.3, -0.25) is 4.79 Å². The summed E-state index contributed by atoms with van der Waals surface area (Å²) in [7, 11) is 0. The van der Waals surface area contributed by atoms with Gasteiger partial charge in [0.1, 0.15) is 6.29 Å². The van der Waals surface area contributed by atoms with Crippen molar-refractivity contribution in [1.29, 1.82) is 0 Å². The fourth-order valence-electron chi connectivity index (χ4n) is 1.83. The molecule has 13 heavy (non-hydrogen) atoms. The Hall–Kier alpha value is -0.860. The standard InChI is InChI=1S/C10H17NO2/c1-7(2)10(13)11-8(3)4-5-9(11)6-12/h6-9H,4-5H2,1-3H3. The van der Waals surface area contributed by atoms with E-state index in [-0.39, 0.29) is 23.9 Å². The smallest absolute Gasteiger partial charge is 0.225 e. The summed E-state index contributed by atoms with van der Waals surface area (Å²) in [5.41, 5.74) is 0. The number of amides is 1. The lowest BCUT2D eigenvalue weighted by molar-refractivity contribution is -0.139. The molecule has 0 aromatic rings. The minimum Gasteiger partial charge on any atom is -0.330 e. The topological polar surface area (TPSA) is 37.4 Å². The predicted molar refractivity (Wildman–Crippen MR) is 50.2 cm³/mol. The maximum atomic E-state index is 11.7. The van der Waals surface area contributed by atoms with Crippen LogP contribution in [0, 0.1) is 5.92 Å². The molecule has 1 aliphatic rings. The zero-order chi connectivity index (χ0) is 10.0. The van der Waals surface area contributed by atoms with Crippen molar-refractivity contribution >= 4 is 12.2 Å². The number of likely N-dealkylation sites (tertiary alicyclic amines) is 1. The van der Waals surface area contributed by atoms with Crippen molar-refractivity contribution in [1.82, 2.24) is 4.90 Å². The number of hydrogen-bond donors (Lipinski definition) is 0. The first-order valence-electron chi connectivity index (χ1n) is 4.85. The SMILES string of the molecule is CC(C)C(=O)N1C(C)CCC1C=O. The van der Waals surface area contributed by atoms with Gasteiger partial charge < -0.3 is 9.69 Å². The largest absolute Gasteiger partial charge is 0.330 e. The lowest BCUT2D eigenvalue weighted by Crippen LogP contribution is -2.42. The molecule has 2 atom stereocenters. The summed E-state index contributed by atoms with van der Waals surface area (Å²) in [6.45, 7) is 5.74. The van der Waals surface area contributed by atoms with E-state index in [9.17, 15) is 9.59 Å². The van der Waals surface area contributed by atoms with Crippen molar-refractivity contribution in [2.45, 2.75) is 45.7 Å². The first-order valence-corrected chi connectivity index (χ1v) is 4.85. The molecule has 3 heteroatoms. The van der Waals surface area contributed by atoms with Crippen LogP contribution in [-0.2, 0) is 9.59 Å². The van der Waals surface area contributed by atoms with Crippen molar-refractivity contribution in [3.8, 4) is 0 Å². The summed E-state index contributed by atoms with van der Waals surface area (Å²) in [5.74, 6) is 0.0881. The molecular formula is C10H17NO2. The van der Waals surface area contributed by atoms with Crippen molar-refractivity contribution in [3.63, 3.8) is 0 Å². The van der Waals surface area contributed by atoms with E-state index in [1.165, 1.54) is 0 Å². The molecule has 1 aliphatic heterocycles. The number of aldehydes is 1. The molecule has 0 bridgehead atoms. The Bertz CT molecular complexity index is 213. The van der Waals surface area contributed by atoms with E-state index in [0.717, 1.165) is 19.1 Å². The molecule has 1 rings (SSSR count). The van der Waals surface area contributed by atoms with Gasteiger partial charge in [-0.05, 0) is 19.8 Å². The van der Waals surface area contributed by atoms with E-state index in [2.05, 4.69) is 0 Å². The lowest BCUT2D eigenvalue weighted by atomic mass is 10.1. The third kappa shape index (κ3) is 1.90. The third-order valence-electron chi connectivity index (χ3n) is 2.62. The Kier molecular flexibility index (Phi) is 3.07. The second kappa shape index (κ2) is 3.90. The van der Waals surface area contributed by atoms with Crippen LogP contribution in [0.2, 0.25) is 0 Å². The van der Waals surface area contributed by atoms with Crippen LogP contribution in [0.25, 0.3) is 0 Å². The van der Waals surface area contributed by atoms with Crippen LogP contribution in [0.1, 0.15) is 33.6 Å². The van der Waals surface area contributed by atoms with E-state index in [1.54, 1.807) is 4.90 Å². The van der Waals surface area contributed by atoms with Crippen molar-refractivity contribution in [3.05, 3.63) is 0 Å². The first kappa shape index (κ1) is 10.2. The van der Waals surface area contributed by atoms with E-state index < -0.39 is 0 Å². The Balaban J connectivity index is 2.74. The molecule has 1 saturated heterocycles. The predicted octanol–water partition coefficient (Wildman–Crippen LogP) is 1.22. The molecule has 74 valence electrons. The van der Waals surface area contributed by atoms with Gasteiger partial charge in [-0.25, -0.2) is 0 Å². The fraction of sp³-hybridized carbons (Fsp3) is 0.800. The van der Waals surface area contributed by atoms with Crippen molar-refractivity contribution in [2.24, 2.45) is 5.92 Å². The Morgan fingerprint density at radius 3 is 2.54 bits per heavy atom. The highest BCUT2D eigenvalue weighted by atomic mass is 16.2. The summed E-state index contributed by atoms with van der Waals surface area (Å²) in [6, 6.07) is 0.0509. The van der Waals surface area contributed by atoms with Gasteiger partial charge in [-0.1, -0.05) is 13.8 Å². The normalized spacial score (nSPS) is 28.2. The maximum Gasteiger partial charge on any atom is 0.225 e. The number of carbonyl (C=O) groups excluding carboxylic acids is 2. The van der Waals surface area contributed by atoms with Crippen LogP contribution in [0.15, 0.2) is 0 Å². The summed E-state index contributed by atoms with van der Waals surface area (Å²) >= 11 is 0. The van der Waals surface area contributed by atoms with E-state index >= 15 is 0 Å². The fourth-order valence-corrected chi connectivity index (χ4v) is 1.83. The molecule has 0 aromatic carbocycles. The van der Waals surface area contributed by atoms with Crippen LogP contribution in [0.5, 0.6) is 0 Å². The molecule has 3 nitrogen and oxygen atoms in total. The Morgan fingerprint density at radius 1 is 1.46 bits per heavy atom. The molecule has 1 amide bonds. The van der Waals surface area contributed by atoms with E-state index in [1.807, 2.05) is 20.8 Å². The van der Waals surface area contributed by atoms with Crippen LogP contribution in [-0.4, -0.2) is 29.2 Å². The first-order chi connectivity index (χ1) is 6.07. The molecular weight excluding hydrogens is 166 g/mol. The van der Waals surface area contributed by atoms with Crippen LogP contribution >= 0.6 is 0 Å². The van der Waals surface area contributed by atoms with Gasteiger partial charge in [0.05, 0.1) is 6.04 Å². The number of carbonyl (C=O) groups is 2. The van der Waals surface area contributed by atoms with Crippen LogP contribution < -0.4 is 0 Å². The van der Waals surface area contributed by atoms with Gasteiger partial charge in [0.2, 0.25) is 5.91 Å². The molecule has 0 radical (unpaired) electrons. The minimum absolute atomic E-state index is 0.0111. The van der Waals surface area contributed by atoms with Crippen molar-refractivity contribution < 1.29 is 9.59 Å². The van der Waals surface area contributed by atoms with Crippen molar-refractivity contribution in [2.75, 3.05) is 0 Å². The highest BCUT2D eigenvalue weighted by molar-refractivity contribution is 5.82. The lowest BCUT2D eigenvalue weighted by Gasteiger charge is -2.27. The Morgan fingerprint density at radius 2 is 2.08 bits per heavy atom. The Labute approximate surface area is 79.1 Å². The highest BCUT2D eigenvalue weighted by Gasteiger charge is 2.34. The van der Waals surface area contributed by atoms with Gasteiger partial charge in [0, 0.05) is 12.0 Å². The average molecular weight is 183 g/mol. The zero-order valence-electron chi connectivity index (χ0n) is 8.49. The molecule has 1 heterocycles.